The van der Waals surface area contributed by atoms with Crippen LogP contribution in [0.25, 0.3) is 10.9 Å². The van der Waals surface area contributed by atoms with E-state index in [2.05, 4.69) is 10.3 Å². The molecule has 4 atom stereocenters. The fourth-order valence-corrected chi connectivity index (χ4v) is 7.26. The zero-order valence-electron chi connectivity index (χ0n) is 27.8. The molecule has 2 heterocycles. The Hall–Kier alpha value is -4.19. The van der Waals surface area contributed by atoms with Crippen molar-refractivity contribution in [2.75, 3.05) is 19.8 Å². The van der Waals surface area contributed by atoms with Crippen LogP contribution >= 0.6 is 7.75 Å². The van der Waals surface area contributed by atoms with Crippen molar-refractivity contribution < 1.29 is 42.6 Å². The molecule has 0 spiro atoms. The molecule has 13 nitrogen and oxygen atoms in total. The van der Waals surface area contributed by atoms with Crippen LogP contribution in [0.3, 0.4) is 0 Å². The molecule has 4 rings (SSSR count). The Bertz CT molecular complexity index is 1610. The predicted molar refractivity (Wildman–Crippen MR) is 178 cm³/mol. The Labute approximate surface area is 280 Å². The third-order valence-corrected chi connectivity index (χ3v) is 9.67. The quantitative estimate of drug-likeness (QED) is 0.148. The van der Waals surface area contributed by atoms with Gasteiger partial charge in [-0.05, 0) is 56.2 Å². The number of ether oxygens (including phenoxy) is 2. The van der Waals surface area contributed by atoms with E-state index in [4.69, 9.17) is 14.0 Å². The van der Waals surface area contributed by atoms with Crippen molar-refractivity contribution in [3.8, 4) is 0 Å². The minimum Gasteiger partial charge on any atom is -0.464 e. The lowest BCUT2D eigenvalue weighted by molar-refractivity contribution is -0.153. The van der Waals surface area contributed by atoms with E-state index in [-0.39, 0.29) is 45.1 Å². The molecule has 0 saturated carbocycles. The van der Waals surface area contributed by atoms with Gasteiger partial charge in [0.1, 0.15) is 24.7 Å². The predicted octanol–water partition coefficient (Wildman–Crippen LogP) is 4.94. The van der Waals surface area contributed by atoms with Crippen LogP contribution in [0.2, 0.25) is 0 Å². The van der Waals surface area contributed by atoms with Crippen LogP contribution in [0, 0.1) is 5.92 Å². The third-order valence-electron chi connectivity index (χ3n) is 8.05. The molecule has 48 heavy (non-hydrogen) atoms. The van der Waals surface area contributed by atoms with Crippen molar-refractivity contribution >= 4 is 42.5 Å². The molecule has 1 aromatic heterocycles. The summed E-state index contributed by atoms with van der Waals surface area (Å²) in [6.07, 6.45) is 1.78. The summed E-state index contributed by atoms with van der Waals surface area (Å²) in [5, 5.41) is 3.49. The zero-order valence-corrected chi connectivity index (χ0v) is 28.7. The smallest absolute Gasteiger partial charge is 0.435 e. The SMILES string of the molecule is CCOC(=O)[C@H](Cc1c[nH]c2ccccc12)N(C(=O)[C@H](CC(C)C)NC(=O)[C@@H]1CCCN1C(=O)OCc1ccccc1)P(=O)(O)OCC. The second kappa shape index (κ2) is 16.8. The highest BCUT2D eigenvalue weighted by molar-refractivity contribution is 7.51. The number of hydrogen-bond acceptors (Lipinski definition) is 8. The van der Waals surface area contributed by atoms with E-state index in [1.165, 1.54) is 11.8 Å². The monoisotopic (exact) mass is 684 g/mol. The number of carbonyl (C=O) groups is 4. The number of fused-ring (bicyclic) bond motifs is 1. The molecule has 2 aromatic carbocycles. The molecule has 14 heteroatoms. The first kappa shape index (κ1) is 36.6. The molecule has 3 amide bonds. The van der Waals surface area contributed by atoms with E-state index in [1.54, 1.807) is 13.1 Å². The third kappa shape index (κ3) is 9.03. The molecule has 260 valence electrons. The number of rotatable bonds is 15. The van der Waals surface area contributed by atoms with Gasteiger partial charge in [0, 0.05) is 30.1 Å². The normalized spacial score (nSPS) is 17.0. The first-order chi connectivity index (χ1) is 23.0. The van der Waals surface area contributed by atoms with Gasteiger partial charge in [-0.25, -0.2) is 18.8 Å². The van der Waals surface area contributed by atoms with Gasteiger partial charge in [-0.3, -0.25) is 19.0 Å². The van der Waals surface area contributed by atoms with Crippen molar-refractivity contribution in [3.63, 3.8) is 0 Å². The van der Waals surface area contributed by atoms with Crippen molar-refractivity contribution in [1.29, 1.82) is 0 Å². The van der Waals surface area contributed by atoms with Crippen LogP contribution in [0.1, 0.15) is 58.1 Å². The Morgan fingerprint density at radius 1 is 1.04 bits per heavy atom. The number of H-pyrrole nitrogens is 1. The highest BCUT2D eigenvalue weighted by atomic mass is 31.2. The van der Waals surface area contributed by atoms with Gasteiger partial charge in [-0.1, -0.05) is 62.4 Å². The standard InChI is InChI=1S/C34H45N4O9P/c1-5-45-33(41)30(20-25-21-35-27-16-11-10-15-26(25)27)38(48(43,44)47-6-2)32(40)28(19-23(3)4)36-31(39)29-17-12-18-37(29)34(42)46-22-24-13-8-7-9-14-24/h7-11,13-16,21,23,28-30,35H,5-6,12,17-20,22H2,1-4H3,(H,36,39)(H,43,44)/t28-,29-,30-/m0/s1. The van der Waals surface area contributed by atoms with Crippen molar-refractivity contribution in [1.82, 2.24) is 19.9 Å². The minimum atomic E-state index is -4.97. The molecule has 0 bridgehead atoms. The highest BCUT2D eigenvalue weighted by Gasteiger charge is 2.47. The minimum absolute atomic E-state index is 0.0306. The van der Waals surface area contributed by atoms with E-state index >= 15 is 0 Å². The summed E-state index contributed by atoms with van der Waals surface area (Å²) in [5.74, 6) is -2.65. The molecular weight excluding hydrogens is 639 g/mol. The van der Waals surface area contributed by atoms with Crippen LogP contribution in [0.15, 0.2) is 60.8 Å². The summed E-state index contributed by atoms with van der Waals surface area (Å²) < 4.78 is 30.3. The lowest BCUT2D eigenvalue weighted by Gasteiger charge is -2.35. The largest absolute Gasteiger partial charge is 0.464 e. The van der Waals surface area contributed by atoms with E-state index in [0.29, 0.717) is 23.1 Å². The number of hydrogen-bond donors (Lipinski definition) is 3. The molecular formula is C34H45N4O9P. The fraction of sp³-hybridized carbons (Fsp3) is 0.471. The number of benzene rings is 2. The number of aromatic nitrogens is 1. The molecule has 0 radical (unpaired) electrons. The molecule has 1 aliphatic rings. The van der Waals surface area contributed by atoms with Crippen molar-refractivity contribution in [3.05, 3.63) is 71.9 Å². The molecule has 1 aliphatic heterocycles. The zero-order chi connectivity index (χ0) is 34.8. The number of nitrogens with one attached hydrogen (secondary N) is 2. The van der Waals surface area contributed by atoms with Crippen molar-refractivity contribution in [2.45, 2.75) is 78.1 Å². The number of para-hydroxylation sites is 1. The summed E-state index contributed by atoms with van der Waals surface area (Å²) in [6, 6.07) is 12.6. The van der Waals surface area contributed by atoms with Gasteiger partial charge < -0.3 is 24.7 Å². The Morgan fingerprint density at radius 2 is 1.75 bits per heavy atom. The van der Waals surface area contributed by atoms with Gasteiger partial charge in [0.15, 0.2) is 0 Å². The number of aromatic amines is 1. The molecule has 1 saturated heterocycles. The van der Waals surface area contributed by atoms with Crippen molar-refractivity contribution in [2.24, 2.45) is 5.92 Å². The Morgan fingerprint density at radius 3 is 2.44 bits per heavy atom. The molecule has 0 aliphatic carbocycles. The van der Waals surface area contributed by atoms with Crippen LogP contribution in [-0.2, 0) is 46.0 Å². The van der Waals surface area contributed by atoms with Gasteiger partial charge >= 0.3 is 19.8 Å². The van der Waals surface area contributed by atoms with Crippen LogP contribution in [-0.4, -0.2) is 81.2 Å². The fourth-order valence-electron chi connectivity index (χ4n) is 5.88. The summed E-state index contributed by atoms with van der Waals surface area (Å²) >= 11 is 0. The van der Waals surface area contributed by atoms with Gasteiger partial charge in [-0.15, -0.1) is 0 Å². The second-order valence-corrected chi connectivity index (χ2v) is 13.7. The first-order valence-corrected chi connectivity index (χ1v) is 17.8. The Balaban J connectivity index is 1.63. The average molecular weight is 685 g/mol. The lowest BCUT2D eigenvalue weighted by Crippen LogP contribution is -2.56. The average Bonchev–Trinajstić information content (AvgIpc) is 3.71. The maximum atomic E-state index is 14.4. The van der Waals surface area contributed by atoms with E-state index in [9.17, 15) is 28.6 Å². The second-order valence-electron chi connectivity index (χ2n) is 12.0. The summed E-state index contributed by atoms with van der Waals surface area (Å²) in [7, 11) is -4.97. The van der Waals surface area contributed by atoms with Crippen LogP contribution < -0.4 is 5.32 Å². The number of nitrogens with zero attached hydrogens (tertiary/aromatic N) is 2. The molecule has 3 N–H and O–H groups in total. The van der Waals surface area contributed by atoms with Gasteiger partial charge in [-0.2, -0.15) is 0 Å². The molecule has 3 aromatic rings. The highest BCUT2D eigenvalue weighted by Crippen LogP contribution is 2.49. The number of esters is 1. The van der Waals surface area contributed by atoms with E-state index in [1.807, 2.05) is 68.4 Å². The number of likely N-dealkylation sites (tertiary alicyclic amines) is 1. The van der Waals surface area contributed by atoms with Gasteiger partial charge in [0.05, 0.1) is 13.2 Å². The topological polar surface area (TPSA) is 168 Å². The first-order valence-electron chi connectivity index (χ1n) is 16.3. The van der Waals surface area contributed by atoms with E-state index < -0.39 is 49.7 Å². The summed E-state index contributed by atoms with van der Waals surface area (Å²) in [4.78, 5) is 70.4. The maximum Gasteiger partial charge on any atom is 0.435 e. The molecule has 1 unspecified atom stereocenters. The van der Waals surface area contributed by atoms with Crippen LogP contribution in [0.5, 0.6) is 0 Å². The summed E-state index contributed by atoms with van der Waals surface area (Å²) in [6.45, 7) is 6.78. The number of carbonyl (C=O) groups excluding carboxylic acids is 4. The molecule has 1 fully saturated rings. The van der Waals surface area contributed by atoms with Gasteiger partial charge in [0.25, 0.3) is 5.91 Å². The van der Waals surface area contributed by atoms with E-state index in [0.717, 1.165) is 16.5 Å². The Kier molecular flexibility index (Phi) is 12.8. The summed E-state index contributed by atoms with van der Waals surface area (Å²) in [5.41, 5.74) is 2.18. The van der Waals surface area contributed by atoms with Crippen LogP contribution in [0.4, 0.5) is 4.79 Å². The maximum absolute atomic E-state index is 14.4. The number of amides is 3. The van der Waals surface area contributed by atoms with Gasteiger partial charge in [0.2, 0.25) is 5.91 Å². The lowest BCUT2D eigenvalue weighted by atomic mass is 10.0.